The van der Waals surface area contributed by atoms with Gasteiger partial charge in [-0.25, -0.2) is 9.07 Å². The molecule has 0 fully saturated rings. The third-order valence-electron chi connectivity index (χ3n) is 6.62. The summed E-state index contributed by atoms with van der Waals surface area (Å²) in [5.74, 6) is 0.948. The van der Waals surface area contributed by atoms with Crippen molar-refractivity contribution in [1.29, 1.82) is 0 Å². The number of aromatic nitrogens is 5. The molecule has 0 saturated carbocycles. The third kappa shape index (κ3) is 5.53. The Hall–Kier alpha value is -4.83. The Balaban J connectivity index is 1.37. The zero-order valence-electron chi connectivity index (χ0n) is 23.2. The topological polar surface area (TPSA) is 83.5 Å². The van der Waals surface area contributed by atoms with Crippen molar-refractivity contribution in [2.24, 2.45) is 0 Å². The minimum atomic E-state index is -0.481. The Morgan fingerprint density at radius 3 is 2.45 bits per heavy atom. The smallest absolute Gasteiger partial charge is 0.291 e. The van der Waals surface area contributed by atoms with Crippen LogP contribution in [0.15, 0.2) is 83.8 Å². The van der Waals surface area contributed by atoms with E-state index in [1.807, 2.05) is 60.8 Å². The number of halogens is 1. The largest absolute Gasteiger partial charge is 0.494 e. The van der Waals surface area contributed by atoms with Gasteiger partial charge >= 0.3 is 0 Å². The first-order chi connectivity index (χ1) is 20.5. The fraction of sp³-hybridized carbons (Fsp3) is 0.188. The molecule has 10 heteroatoms. The first-order valence-corrected chi connectivity index (χ1v) is 14.6. The maximum atomic E-state index is 14.8. The Morgan fingerprint density at radius 1 is 0.952 bits per heavy atom. The highest BCUT2D eigenvalue weighted by atomic mass is 32.1. The highest BCUT2D eigenvalue weighted by Gasteiger charge is 2.16. The van der Waals surface area contributed by atoms with Crippen molar-refractivity contribution in [3.63, 3.8) is 0 Å². The molecule has 0 N–H and O–H groups in total. The van der Waals surface area contributed by atoms with Gasteiger partial charge in [0, 0.05) is 22.9 Å². The van der Waals surface area contributed by atoms with E-state index in [1.165, 1.54) is 21.9 Å². The lowest BCUT2D eigenvalue weighted by Crippen LogP contribution is -2.23. The zero-order chi connectivity index (χ0) is 29.1. The third-order valence-corrected chi connectivity index (χ3v) is 7.58. The average Bonchev–Trinajstić information content (AvgIpc) is 3.70. The normalized spacial score (nSPS) is 11.8. The molecule has 0 radical (unpaired) electrons. The number of hydrogen-bond acceptors (Lipinski definition) is 7. The molecular formula is C32H28FN5O3S. The standard InChI is InChI=1S/C32H28FN5O3S/c1-3-5-17-41-25-14-11-21(12-15-25)30-34-32-38(36-30)31(39)28(42-32)19-23-20-37(24-9-7-6-8-10-24)35-29(23)22-13-16-27(40-4-2)26(33)18-22/h6-16,18-20H,3-5,17H2,1-2H3. The quantitative estimate of drug-likeness (QED) is 0.186. The van der Waals surface area contributed by atoms with E-state index >= 15 is 0 Å². The van der Waals surface area contributed by atoms with Gasteiger partial charge in [0.05, 0.1) is 23.4 Å². The van der Waals surface area contributed by atoms with Gasteiger partial charge in [0.15, 0.2) is 17.4 Å². The van der Waals surface area contributed by atoms with Crippen molar-refractivity contribution in [1.82, 2.24) is 24.4 Å². The second-order valence-electron chi connectivity index (χ2n) is 9.56. The predicted molar refractivity (Wildman–Crippen MR) is 162 cm³/mol. The summed E-state index contributed by atoms with van der Waals surface area (Å²) in [6, 6.07) is 21.9. The molecule has 6 aromatic rings. The van der Waals surface area contributed by atoms with E-state index in [1.54, 1.807) is 29.8 Å². The molecule has 0 aliphatic rings. The van der Waals surface area contributed by atoms with E-state index in [2.05, 4.69) is 17.0 Å². The minimum absolute atomic E-state index is 0.177. The number of para-hydroxylation sites is 1. The van der Waals surface area contributed by atoms with E-state index < -0.39 is 5.82 Å². The highest BCUT2D eigenvalue weighted by molar-refractivity contribution is 7.15. The second-order valence-corrected chi connectivity index (χ2v) is 10.6. The van der Waals surface area contributed by atoms with Crippen molar-refractivity contribution in [3.8, 4) is 39.8 Å². The highest BCUT2D eigenvalue weighted by Crippen LogP contribution is 2.29. The summed E-state index contributed by atoms with van der Waals surface area (Å²) in [4.78, 5) is 18.5. The van der Waals surface area contributed by atoms with Gasteiger partial charge < -0.3 is 9.47 Å². The average molecular weight is 582 g/mol. The molecule has 0 unspecified atom stereocenters. The maximum Gasteiger partial charge on any atom is 0.291 e. The van der Waals surface area contributed by atoms with Gasteiger partial charge in [-0.15, -0.1) is 5.10 Å². The van der Waals surface area contributed by atoms with Crippen molar-refractivity contribution >= 4 is 22.4 Å². The van der Waals surface area contributed by atoms with E-state index in [-0.39, 0.29) is 11.3 Å². The number of ether oxygens (including phenoxy) is 2. The molecular weight excluding hydrogens is 553 g/mol. The summed E-state index contributed by atoms with van der Waals surface area (Å²) in [5, 5.41) is 9.23. The van der Waals surface area contributed by atoms with E-state index in [9.17, 15) is 9.18 Å². The number of benzene rings is 3. The van der Waals surface area contributed by atoms with Crippen LogP contribution in [0.4, 0.5) is 4.39 Å². The molecule has 0 aliphatic carbocycles. The van der Waals surface area contributed by atoms with E-state index in [4.69, 9.17) is 14.6 Å². The number of nitrogens with zero attached hydrogens (tertiary/aromatic N) is 5. The van der Waals surface area contributed by atoms with Crippen molar-refractivity contribution in [3.05, 3.63) is 105 Å². The molecule has 3 aromatic carbocycles. The fourth-order valence-electron chi connectivity index (χ4n) is 4.48. The molecule has 6 rings (SSSR count). The van der Waals surface area contributed by atoms with E-state index in [0.717, 1.165) is 29.8 Å². The van der Waals surface area contributed by atoms with Gasteiger partial charge in [0.2, 0.25) is 4.96 Å². The lowest BCUT2D eigenvalue weighted by atomic mass is 10.1. The van der Waals surface area contributed by atoms with Gasteiger partial charge in [-0.3, -0.25) is 4.79 Å². The van der Waals surface area contributed by atoms with Gasteiger partial charge in [-0.2, -0.15) is 14.6 Å². The molecule has 0 aliphatic heterocycles. The summed E-state index contributed by atoms with van der Waals surface area (Å²) in [5.41, 5.74) is 3.09. The SMILES string of the molecule is CCCCOc1ccc(-c2nc3sc(=Cc4cn(-c5ccccc5)nc4-c4ccc(OCC)c(F)c4)c(=O)n3n2)cc1. The van der Waals surface area contributed by atoms with Crippen LogP contribution in [0.1, 0.15) is 32.3 Å². The van der Waals surface area contributed by atoms with Crippen LogP contribution in [0.25, 0.3) is 39.4 Å². The zero-order valence-corrected chi connectivity index (χ0v) is 24.0. The van der Waals surface area contributed by atoms with Crippen molar-refractivity contribution < 1.29 is 13.9 Å². The molecule has 0 spiro atoms. The summed E-state index contributed by atoms with van der Waals surface area (Å²) in [6.45, 7) is 4.96. The summed E-state index contributed by atoms with van der Waals surface area (Å²) in [7, 11) is 0. The van der Waals surface area contributed by atoms with Crippen LogP contribution < -0.4 is 19.6 Å². The Bertz CT molecular complexity index is 1950. The molecule has 0 bridgehead atoms. The van der Waals surface area contributed by atoms with Crippen LogP contribution in [0.5, 0.6) is 11.5 Å². The lowest BCUT2D eigenvalue weighted by molar-refractivity contribution is 0.309. The van der Waals surface area contributed by atoms with Crippen molar-refractivity contribution in [2.45, 2.75) is 26.7 Å². The molecule has 3 heterocycles. The Kier molecular flexibility index (Phi) is 7.78. The molecule has 0 amide bonds. The maximum absolute atomic E-state index is 14.8. The van der Waals surface area contributed by atoms with E-state index in [0.29, 0.717) is 45.4 Å². The molecule has 8 nitrogen and oxygen atoms in total. The summed E-state index contributed by atoms with van der Waals surface area (Å²) >= 11 is 1.24. The molecule has 42 heavy (non-hydrogen) atoms. The molecule has 0 saturated heterocycles. The number of thiazole rings is 1. The Labute approximate surface area is 245 Å². The monoisotopic (exact) mass is 581 g/mol. The lowest BCUT2D eigenvalue weighted by Gasteiger charge is -2.06. The first kappa shape index (κ1) is 27.3. The number of fused-ring (bicyclic) bond motifs is 1. The Morgan fingerprint density at radius 2 is 1.74 bits per heavy atom. The van der Waals surface area contributed by atoms with Crippen LogP contribution in [0.3, 0.4) is 0 Å². The van der Waals surface area contributed by atoms with Gasteiger partial charge in [-0.05, 0) is 74.0 Å². The van der Waals surface area contributed by atoms with Gasteiger partial charge in [0.1, 0.15) is 11.4 Å². The number of unbranched alkanes of at least 4 members (excludes halogenated alkanes) is 1. The van der Waals surface area contributed by atoms with Crippen molar-refractivity contribution in [2.75, 3.05) is 13.2 Å². The van der Waals surface area contributed by atoms with Crippen LogP contribution in [0.2, 0.25) is 0 Å². The van der Waals surface area contributed by atoms with Crippen LogP contribution >= 0.6 is 11.3 Å². The molecule has 3 aromatic heterocycles. The summed E-state index contributed by atoms with van der Waals surface area (Å²) < 4.78 is 29.4. The molecule has 212 valence electrons. The van der Waals surface area contributed by atoms with Gasteiger partial charge in [-0.1, -0.05) is 42.9 Å². The van der Waals surface area contributed by atoms with Gasteiger partial charge in [0.25, 0.3) is 5.56 Å². The van der Waals surface area contributed by atoms with Crippen LogP contribution in [-0.2, 0) is 0 Å². The molecule has 0 atom stereocenters. The summed E-state index contributed by atoms with van der Waals surface area (Å²) in [6.07, 6.45) is 5.64. The minimum Gasteiger partial charge on any atom is -0.494 e. The van der Waals surface area contributed by atoms with Crippen LogP contribution in [0, 0.1) is 5.82 Å². The fourth-order valence-corrected chi connectivity index (χ4v) is 5.38. The van der Waals surface area contributed by atoms with Crippen LogP contribution in [-0.4, -0.2) is 37.6 Å². The number of rotatable bonds is 10. The number of hydrogen-bond donors (Lipinski definition) is 0. The predicted octanol–water partition coefficient (Wildman–Crippen LogP) is 5.94. The second kappa shape index (κ2) is 12.0. The first-order valence-electron chi connectivity index (χ1n) is 13.8.